The summed E-state index contributed by atoms with van der Waals surface area (Å²) in [4.78, 5) is 10.5. The Morgan fingerprint density at radius 3 is 2.56 bits per heavy atom. The molecule has 0 saturated carbocycles. The second-order valence-electron chi connectivity index (χ2n) is 4.54. The van der Waals surface area contributed by atoms with Crippen LogP contribution in [0.2, 0.25) is 0 Å². The second kappa shape index (κ2) is 4.61. The van der Waals surface area contributed by atoms with Gasteiger partial charge < -0.3 is 14.3 Å². The van der Waals surface area contributed by atoms with E-state index in [9.17, 15) is 4.79 Å². The Balaban J connectivity index is 2.57. The number of hydrogen-bond donors (Lipinski definition) is 1. The molecule has 16 heavy (non-hydrogen) atoms. The van der Waals surface area contributed by atoms with E-state index in [-0.39, 0.29) is 17.9 Å². The molecule has 1 aromatic heterocycles. The van der Waals surface area contributed by atoms with Crippen molar-refractivity contribution in [1.29, 1.82) is 0 Å². The topological polar surface area (TPSA) is 85.5 Å². The van der Waals surface area contributed by atoms with Crippen LogP contribution in [0, 0.1) is 0 Å². The first kappa shape index (κ1) is 12.6. The van der Waals surface area contributed by atoms with Crippen molar-refractivity contribution in [3.05, 3.63) is 11.8 Å². The summed E-state index contributed by atoms with van der Waals surface area (Å²) in [5.74, 6) is -0.220. The number of aromatic nitrogens is 2. The van der Waals surface area contributed by atoms with Crippen molar-refractivity contribution in [1.82, 2.24) is 10.2 Å². The fourth-order valence-electron chi connectivity index (χ4n) is 0.883. The summed E-state index contributed by atoms with van der Waals surface area (Å²) in [5.41, 5.74) is -0.219. The Kier molecular flexibility index (Phi) is 3.64. The Hall–Kier alpha value is -1.43. The molecule has 0 aliphatic rings. The molecule has 0 bridgehead atoms. The third-order valence-electron chi connectivity index (χ3n) is 1.91. The van der Waals surface area contributed by atoms with Gasteiger partial charge in [-0.1, -0.05) is 20.8 Å². The van der Waals surface area contributed by atoms with Gasteiger partial charge in [0.25, 0.3) is 0 Å². The van der Waals surface area contributed by atoms with Crippen molar-refractivity contribution in [2.45, 2.75) is 45.8 Å². The number of carboxylic acid groups (broad SMARTS) is 1. The standard InChI is InChI=1S/C10H16N2O4/c1-6(8(13)14)15-5-7-11-12-9(16-7)10(2,3)4/h6H,5H2,1-4H3,(H,13,14)/t6-/m1/s1. The van der Waals surface area contributed by atoms with E-state index in [0.717, 1.165) is 0 Å². The van der Waals surface area contributed by atoms with Gasteiger partial charge in [-0.05, 0) is 6.92 Å². The monoisotopic (exact) mass is 228 g/mol. The van der Waals surface area contributed by atoms with E-state index >= 15 is 0 Å². The Bertz CT molecular complexity index is 367. The largest absolute Gasteiger partial charge is 0.479 e. The van der Waals surface area contributed by atoms with E-state index in [0.29, 0.717) is 5.89 Å². The van der Waals surface area contributed by atoms with Gasteiger partial charge in [-0.3, -0.25) is 0 Å². The number of hydrogen-bond acceptors (Lipinski definition) is 5. The van der Waals surface area contributed by atoms with E-state index in [2.05, 4.69) is 10.2 Å². The molecule has 0 radical (unpaired) electrons. The SMILES string of the molecule is C[C@@H](OCc1nnc(C(C)(C)C)o1)C(=O)O. The van der Waals surface area contributed by atoms with Crippen LogP contribution in [-0.2, 0) is 21.6 Å². The lowest BCUT2D eigenvalue weighted by atomic mass is 9.97. The summed E-state index contributed by atoms with van der Waals surface area (Å²) in [7, 11) is 0. The molecule has 6 heteroatoms. The van der Waals surface area contributed by atoms with Crippen molar-refractivity contribution in [2.75, 3.05) is 0 Å². The van der Waals surface area contributed by atoms with E-state index < -0.39 is 12.1 Å². The van der Waals surface area contributed by atoms with Gasteiger partial charge in [-0.15, -0.1) is 10.2 Å². The molecule has 0 fully saturated rings. The highest BCUT2D eigenvalue weighted by molar-refractivity contribution is 5.71. The second-order valence-corrected chi connectivity index (χ2v) is 4.54. The molecule has 0 aliphatic carbocycles. The normalized spacial score (nSPS) is 13.8. The van der Waals surface area contributed by atoms with Crippen LogP contribution >= 0.6 is 0 Å². The first-order chi connectivity index (χ1) is 7.30. The lowest BCUT2D eigenvalue weighted by Crippen LogP contribution is -2.19. The van der Waals surface area contributed by atoms with Crippen molar-refractivity contribution in [2.24, 2.45) is 0 Å². The van der Waals surface area contributed by atoms with E-state index in [1.807, 2.05) is 20.8 Å². The molecule has 1 aromatic rings. The molecule has 0 amide bonds. The first-order valence-electron chi connectivity index (χ1n) is 4.98. The minimum Gasteiger partial charge on any atom is -0.479 e. The summed E-state index contributed by atoms with van der Waals surface area (Å²) in [5, 5.41) is 16.2. The van der Waals surface area contributed by atoms with Crippen molar-refractivity contribution in [3.8, 4) is 0 Å². The number of carboxylic acids is 1. The van der Waals surface area contributed by atoms with Crippen molar-refractivity contribution in [3.63, 3.8) is 0 Å². The number of aliphatic carboxylic acids is 1. The molecule has 0 aliphatic heterocycles. The predicted octanol–water partition coefficient (Wildman–Crippen LogP) is 1.36. The molecule has 1 heterocycles. The summed E-state index contributed by atoms with van der Waals surface area (Å²) < 4.78 is 10.4. The fraction of sp³-hybridized carbons (Fsp3) is 0.700. The maximum Gasteiger partial charge on any atom is 0.332 e. The minimum absolute atomic E-state index is 0.0105. The maximum absolute atomic E-state index is 10.5. The molecule has 0 spiro atoms. The van der Waals surface area contributed by atoms with Crippen LogP contribution in [0.3, 0.4) is 0 Å². The van der Waals surface area contributed by atoms with Crippen molar-refractivity contribution >= 4 is 5.97 Å². The van der Waals surface area contributed by atoms with Crippen LogP contribution in [0.4, 0.5) is 0 Å². The lowest BCUT2D eigenvalue weighted by Gasteiger charge is -2.11. The van der Waals surface area contributed by atoms with E-state index in [1.54, 1.807) is 0 Å². The molecular weight excluding hydrogens is 212 g/mol. The van der Waals surface area contributed by atoms with Gasteiger partial charge in [-0.2, -0.15) is 0 Å². The highest BCUT2D eigenvalue weighted by Crippen LogP contribution is 2.20. The molecule has 1 N–H and O–H groups in total. The number of rotatable bonds is 4. The predicted molar refractivity (Wildman–Crippen MR) is 54.9 cm³/mol. The third kappa shape index (κ3) is 3.30. The van der Waals surface area contributed by atoms with Crippen LogP contribution in [0.15, 0.2) is 4.42 Å². The third-order valence-corrected chi connectivity index (χ3v) is 1.91. The minimum atomic E-state index is -1.02. The summed E-state index contributed by atoms with van der Waals surface area (Å²) >= 11 is 0. The van der Waals surface area contributed by atoms with Crippen LogP contribution in [0.5, 0.6) is 0 Å². The molecule has 0 saturated heterocycles. The highest BCUT2D eigenvalue weighted by Gasteiger charge is 2.22. The maximum atomic E-state index is 10.5. The molecule has 1 rings (SSSR count). The van der Waals surface area contributed by atoms with Crippen LogP contribution < -0.4 is 0 Å². The lowest BCUT2D eigenvalue weighted by molar-refractivity contribution is -0.150. The molecule has 0 aromatic carbocycles. The van der Waals surface area contributed by atoms with E-state index in [4.69, 9.17) is 14.3 Å². The number of nitrogens with zero attached hydrogens (tertiary/aromatic N) is 2. The highest BCUT2D eigenvalue weighted by atomic mass is 16.5. The Morgan fingerprint density at radius 1 is 1.50 bits per heavy atom. The van der Waals surface area contributed by atoms with Crippen molar-refractivity contribution < 1.29 is 19.1 Å². The van der Waals surface area contributed by atoms with Gasteiger partial charge in [-0.25, -0.2) is 4.79 Å². The number of carbonyl (C=O) groups is 1. The molecule has 0 unspecified atom stereocenters. The molecule has 1 atom stereocenters. The summed E-state index contributed by atoms with van der Waals surface area (Å²) in [6.45, 7) is 7.31. The van der Waals surface area contributed by atoms with Crippen LogP contribution in [0.1, 0.15) is 39.5 Å². The van der Waals surface area contributed by atoms with Gasteiger partial charge in [0.15, 0.2) is 6.10 Å². The van der Waals surface area contributed by atoms with Gasteiger partial charge in [0.1, 0.15) is 6.61 Å². The zero-order valence-electron chi connectivity index (χ0n) is 9.85. The Morgan fingerprint density at radius 2 is 2.12 bits per heavy atom. The van der Waals surface area contributed by atoms with Crippen LogP contribution in [0.25, 0.3) is 0 Å². The smallest absolute Gasteiger partial charge is 0.332 e. The van der Waals surface area contributed by atoms with E-state index in [1.165, 1.54) is 6.92 Å². The first-order valence-corrected chi connectivity index (χ1v) is 4.98. The van der Waals surface area contributed by atoms with Crippen LogP contribution in [-0.4, -0.2) is 27.4 Å². The quantitative estimate of drug-likeness (QED) is 0.837. The number of ether oxygens (including phenoxy) is 1. The average molecular weight is 228 g/mol. The Labute approximate surface area is 93.6 Å². The van der Waals surface area contributed by atoms with Gasteiger partial charge in [0.05, 0.1) is 0 Å². The zero-order chi connectivity index (χ0) is 12.3. The fourth-order valence-corrected chi connectivity index (χ4v) is 0.883. The average Bonchev–Trinajstić information content (AvgIpc) is 2.61. The molecule has 90 valence electrons. The van der Waals surface area contributed by atoms with Gasteiger partial charge in [0.2, 0.25) is 11.8 Å². The summed E-state index contributed by atoms with van der Waals surface area (Å²) in [6.07, 6.45) is -0.884. The molecule has 6 nitrogen and oxygen atoms in total. The molecular formula is C10H16N2O4. The summed E-state index contributed by atoms with van der Waals surface area (Å²) in [6, 6.07) is 0. The van der Waals surface area contributed by atoms with Gasteiger partial charge >= 0.3 is 5.97 Å². The van der Waals surface area contributed by atoms with Gasteiger partial charge in [0, 0.05) is 5.41 Å². The zero-order valence-corrected chi connectivity index (χ0v) is 9.85.